The van der Waals surface area contributed by atoms with Crippen LogP contribution < -0.4 is 10.1 Å². The van der Waals surface area contributed by atoms with Gasteiger partial charge >= 0.3 is 0 Å². The zero-order valence-electron chi connectivity index (χ0n) is 18.9. The monoisotopic (exact) mass is 430 g/mol. The maximum Gasteiger partial charge on any atom is 0.247 e. The van der Waals surface area contributed by atoms with Crippen LogP contribution in [0.4, 0.5) is 5.69 Å². The van der Waals surface area contributed by atoms with Gasteiger partial charge in [-0.1, -0.05) is 67.1 Å². The molecule has 0 aliphatic rings. The largest absolute Gasteiger partial charge is 0.497 e. The van der Waals surface area contributed by atoms with Gasteiger partial charge in [0.1, 0.15) is 11.8 Å². The molecule has 0 saturated carbocycles. The van der Waals surface area contributed by atoms with Crippen LogP contribution in [-0.4, -0.2) is 29.9 Å². The minimum atomic E-state index is -0.588. The molecule has 166 valence electrons. The second kappa shape index (κ2) is 11.1. The van der Waals surface area contributed by atoms with Gasteiger partial charge in [0.15, 0.2) is 0 Å². The quantitative estimate of drug-likeness (QED) is 0.520. The van der Waals surface area contributed by atoms with Crippen LogP contribution in [0.25, 0.3) is 0 Å². The van der Waals surface area contributed by atoms with Crippen LogP contribution >= 0.6 is 0 Å². The lowest BCUT2D eigenvalue weighted by Gasteiger charge is -2.31. The third kappa shape index (κ3) is 6.20. The molecule has 0 heterocycles. The number of ether oxygens (including phenoxy) is 1. The van der Waals surface area contributed by atoms with Gasteiger partial charge in [-0.05, 0) is 48.7 Å². The molecule has 0 saturated heterocycles. The van der Waals surface area contributed by atoms with E-state index in [0.717, 1.165) is 16.7 Å². The Morgan fingerprint density at radius 1 is 0.906 bits per heavy atom. The molecule has 0 radical (unpaired) electrons. The van der Waals surface area contributed by atoms with Crippen molar-refractivity contribution in [1.29, 1.82) is 0 Å². The molecule has 0 spiro atoms. The van der Waals surface area contributed by atoms with Gasteiger partial charge in [0.25, 0.3) is 0 Å². The van der Waals surface area contributed by atoms with Crippen LogP contribution in [-0.2, 0) is 22.6 Å². The molecule has 0 aliphatic carbocycles. The molecule has 1 N–H and O–H groups in total. The number of hydrogen-bond acceptors (Lipinski definition) is 3. The van der Waals surface area contributed by atoms with Crippen LogP contribution in [0.2, 0.25) is 0 Å². The Kier molecular flexibility index (Phi) is 8.03. The van der Waals surface area contributed by atoms with Gasteiger partial charge in [-0.2, -0.15) is 0 Å². The highest BCUT2D eigenvalue weighted by Gasteiger charge is 2.28. The minimum absolute atomic E-state index is 0.0755. The molecule has 0 bridgehead atoms. The first-order valence-electron chi connectivity index (χ1n) is 10.8. The fraction of sp³-hybridized carbons (Fsp3) is 0.259. The molecule has 5 heteroatoms. The summed E-state index contributed by atoms with van der Waals surface area (Å²) in [5.74, 6) is 0.439. The summed E-state index contributed by atoms with van der Waals surface area (Å²) >= 11 is 0. The number of anilines is 1. The van der Waals surface area contributed by atoms with E-state index < -0.39 is 6.04 Å². The predicted molar refractivity (Wildman–Crippen MR) is 128 cm³/mol. The number of carbonyl (C=O) groups excluding carboxylic acids is 2. The van der Waals surface area contributed by atoms with Crippen molar-refractivity contribution in [3.8, 4) is 5.75 Å². The molecular weight excluding hydrogens is 400 g/mol. The predicted octanol–water partition coefficient (Wildman–Crippen LogP) is 4.99. The Bertz CT molecular complexity index is 1020. The normalized spacial score (nSPS) is 11.5. The molecular formula is C27H30N2O3. The highest BCUT2D eigenvalue weighted by Crippen LogP contribution is 2.19. The number of nitrogens with zero attached hydrogens (tertiary/aromatic N) is 1. The molecule has 0 aliphatic heterocycles. The minimum Gasteiger partial charge on any atom is -0.497 e. The maximum atomic E-state index is 13.4. The second-order valence-corrected chi connectivity index (χ2v) is 7.81. The fourth-order valence-corrected chi connectivity index (χ4v) is 3.58. The first kappa shape index (κ1) is 23.1. The van der Waals surface area contributed by atoms with Crippen molar-refractivity contribution in [3.63, 3.8) is 0 Å². The van der Waals surface area contributed by atoms with Crippen molar-refractivity contribution >= 4 is 17.5 Å². The summed E-state index contributed by atoms with van der Waals surface area (Å²) < 4.78 is 5.18. The van der Waals surface area contributed by atoms with Crippen molar-refractivity contribution in [2.45, 2.75) is 39.3 Å². The van der Waals surface area contributed by atoms with Gasteiger partial charge in [0.05, 0.1) is 13.5 Å². The lowest BCUT2D eigenvalue weighted by molar-refractivity contribution is -0.139. The lowest BCUT2D eigenvalue weighted by Crippen LogP contribution is -2.47. The molecule has 5 nitrogen and oxygen atoms in total. The summed E-state index contributed by atoms with van der Waals surface area (Å²) in [6.45, 7) is 4.33. The molecule has 32 heavy (non-hydrogen) atoms. The summed E-state index contributed by atoms with van der Waals surface area (Å²) in [7, 11) is 1.60. The molecule has 3 aromatic carbocycles. The van der Waals surface area contributed by atoms with E-state index in [1.54, 1.807) is 36.3 Å². The Hall–Kier alpha value is -3.60. The van der Waals surface area contributed by atoms with Gasteiger partial charge in [-0.3, -0.25) is 9.59 Å². The van der Waals surface area contributed by atoms with Crippen molar-refractivity contribution in [1.82, 2.24) is 4.90 Å². The number of aryl methyl sites for hydroxylation is 1. The van der Waals surface area contributed by atoms with Crippen LogP contribution in [0.1, 0.15) is 30.0 Å². The van der Waals surface area contributed by atoms with Crippen LogP contribution in [0.15, 0.2) is 78.9 Å². The van der Waals surface area contributed by atoms with Crippen LogP contribution in [0.3, 0.4) is 0 Å². The van der Waals surface area contributed by atoms with E-state index in [2.05, 4.69) is 5.32 Å². The summed E-state index contributed by atoms with van der Waals surface area (Å²) in [6, 6.07) is 24.3. The van der Waals surface area contributed by atoms with Gasteiger partial charge < -0.3 is 15.0 Å². The zero-order chi connectivity index (χ0) is 22.9. The van der Waals surface area contributed by atoms with Crippen molar-refractivity contribution in [2.75, 3.05) is 12.4 Å². The van der Waals surface area contributed by atoms with Gasteiger partial charge in [-0.15, -0.1) is 0 Å². The van der Waals surface area contributed by atoms with Gasteiger partial charge in [-0.25, -0.2) is 0 Å². The number of rotatable bonds is 9. The summed E-state index contributed by atoms with van der Waals surface area (Å²) in [5, 5.41) is 2.95. The maximum absolute atomic E-state index is 13.4. The van der Waals surface area contributed by atoms with E-state index in [9.17, 15) is 9.59 Å². The Labute approximate surface area is 190 Å². The molecule has 2 amide bonds. The standard InChI is InChI=1S/C27H30N2O3/c1-4-25(27(31)28-23-14-16-24(32-3)17-15-23)29(19-22-12-10-20(2)11-13-22)26(30)18-21-8-6-5-7-9-21/h5-17,25H,4,18-19H2,1-3H3,(H,28,31). The first-order valence-corrected chi connectivity index (χ1v) is 10.8. The van der Waals surface area contributed by atoms with E-state index in [1.165, 1.54) is 0 Å². The average molecular weight is 431 g/mol. The van der Waals surface area contributed by atoms with E-state index in [1.807, 2.05) is 68.4 Å². The smallest absolute Gasteiger partial charge is 0.247 e. The van der Waals surface area contributed by atoms with E-state index in [-0.39, 0.29) is 18.2 Å². The van der Waals surface area contributed by atoms with Crippen LogP contribution in [0.5, 0.6) is 5.75 Å². The third-order valence-corrected chi connectivity index (χ3v) is 5.42. The molecule has 1 unspecified atom stereocenters. The average Bonchev–Trinajstić information content (AvgIpc) is 2.81. The first-order chi connectivity index (χ1) is 15.5. The third-order valence-electron chi connectivity index (χ3n) is 5.42. The Morgan fingerprint density at radius 3 is 2.16 bits per heavy atom. The molecule has 3 rings (SSSR count). The van der Waals surface area contributed by atoms with Crippen molar-refractivity contribution < 1.29 is 14.3 Å². The topological polar surface area (TPSA) is 58.6 Å². The van der Waals surface area contributed by atoms with E-state index in [4.69, 9.17) is 4.74 Å². The molecule has 0 aromatic heterocycles. The summed E-state index contributed by atoms with van der Waals surface area (Å²) in [6.07, 6.45) is 0.757. The fourth-order valence-electron chi connectivity index (χ4n) is 3.58. The van der Waals surface area contributed by atoms with Gasteiger partial charge in [0.2, 0.25) is 11.8 Å². The summed E-state index contributed by atoms with van der Waals surface area (Å²) in [5.41, 5.74) is 3.74. The van der Waals surface area contributed by atoms with E-state index >= 15 is 0 Å². The molecule has 3 aromatic rings. The van der Waals surface area contributed by atoms with Crippen molar-refractivity contribution in [2.24, 2.45) is 0 Å². The SMILES string of the molecule is CCC(C(=O)Nc1ccc(OC)cc1)N(Cc1ccc(C)cc1)C(=O)Cc1ccccc1. The molecule has 0 fully saturated rings. The summed E-state index contributed by atoms with van der Waals surface area (Å²) in [4.78, 5) is 28.2. The number of carbonyl (C=O) groups is 2. The van der Waals surface area contributed by atoms with Crippen molar-refractivity contribution in [3.05, 3.63) is 95.6 Å². The Morgan fingerprint density at radius 2 is 1.56 bits per heavy atom. The number of hydrogen-bond donors (Lipinski definition) is 1. The van der Waals surface area contributed by atoms with E-state index in [0.29, 0.717) is 24.4 Å². The Balaban J connectivity index is 1.82. The second-order valence-electron chi connectivity index (χ2n) is 7.81. The zero-order valence-corrected chi connectivity index (χ0v) is 18.9. The highest BCUT2D eigenvalue weighted by atomic mass is 16.5. The van der Waals surface area contributed by atoms with Gasteiger partial charge in [0, 0.05) is 12.2 Å². The lowest BCUT2D eigenvalue weighted by atomic mass is 10.1. The highest BCUT2D eigenvalue weighted by molar-refractivity contribution is 5.97. The number of methoxy groups -OCH3 is 1. The molecule has 1 atom stereocenters. The number of nitrogens with one attached hydrogen (secondary N) is 1. The number of benzene rings is 3. The number of amides is 2. The van der Waals surface area contributed by atoms with Crippen LogP contribution in [0, 0.1) is 6.92 Å².